The molecule has 0 unspecified atom stereocenters. The molecule has 2 saturated heterocycles. The Hall–Kier alpha value is -0.890. The number of ketones is 1. The van der Waals surface area contributed by atoms with Gasteiger partial charge in [-0.1, -0.05) is 25.7 Å². The monoisotopic (exact) mass is 415 g/mol. The number of urea groups is 1. The van der Waals surface area contributed by atoms with E-state index in [-0.39, 0.29) is 29.8 Å². The van der Waals surface area contributed by atoms with Crippen LogP contribution in [0.4, 0.5) is 4.79 Å². The van der Waals surface area contributed by atoms with E-state index in [2.05, 4.69) is 28.6 Å². The van der Waals surface area contributed by atoms with Crippen molar-refractivity contribution >= 4 is 42.1 Å². The lowest BCUT2D eigenvalue weighted by Crippen LogP contribution is -2.36. The lowest BCUT2D eigenvalue weighted by molar-refractivity contribution is -0.121. The average Bonchev–Trinajstić information content (AvgIpc) is 3.20. The molecule has 2 aliphatic heterocycles. The Kier molecular flexibility index (Phi) is 10.4. The molecule has 3 atom stereocenters. The lowest BCUT2D eigenvalue weighted by Gasteiger charge is -2.16. The van der Waals surface area contributed by atoms with Crippen molar-refractivity contribution in [1.29, 1.82) is 0 Å². The largest absolute Gasteiger partial charge is 0.356 e. The zero-order valence-electron chi connectivity index (χ0n) is 16.0. The molecule has 2 aliphatic rings. The highest BCUT2D eigenvalue weighted by Crippen LogP contribution is 2.33. The number of thioether (sulfide) groups is 1. The molecule has 0 spiro atoms. The lowest BCUT2D eigenvalue weighted by atomic mass is 10.0. The number of carbonyl (C=O) groups excluding carboxylic acids is 3. The number of hydrogen-bond donors (Lipinski definition) is 4. The van der Waals surface area contributed by atoms with E-state index in [1.54, 1.807) is 0 Å². The summed E-state index contributed by atoms with van der Waals surface area (Å²) in [7, 11) is 0. The van der Waals surface area contributed by atoms with E-state index in [0.717, 1.165) is 63.7 Å². The summed E-state index contributed by atoms with van der Waals surface area (Å²) in [5, 5.41) is 9.43. The van der Waals surface area contributed by atoms with Gasteiger partial charge in [-0.3, -0.25) is 9.59 Å². The maximum absolute atomic E-state index is 11.9. The van der Waals surface area contributed by atoms with Gasteiger partial charge in [-0.05, 0) is 25.7 Å². The van der Waals surface area contributed by atoms with Gasteiger partial charge in [-0.15, -0.1) is 0 Å². The van der Waals surface area contributed by atoms with Gasteiger partial charge >= 0.3 is 6.03 Å². The quantitative estimate of drug-likeness (QED) is 0.200. The molecule has 2 fully saturated rings. The summed E-state index contributed by atoms with van der Waals surface area (Å²) < 4.78 is 0. The molecule has 2 rings (SSSR count). The summed E-state index contributed by atoms with van der Waals surface area (Å²) in [6.45, 7) is 0.744. The minimum absolute atomic E-state index is 0.0409. The third-order valence-corrected chi connectivity index (χ3v) is 7.07. The summed E-state index contributed by atoms with van der Waals surface area (Å²) >= 11 is 5.89. The number of thiol groups is 1. The van der Waals surface area contributed by atoms with Crippen LogP contribution in [-0.4, -0.2) is 53.1 Å². The van der Waals surface area contributed by atoms with Crippen molar-refractivity contribution in [1.82, 2.24) is 16.0 Å². The standard InChI is InChI=1S/C19H33N3O3S2/c23-14(12-26)8-4-2-1-3-7-11-20-17(24)10-6-5-9-16-18-15(13-27-16)21-19(25)22-18/h15-16,18,26H,1-13H2,(H,20,24)(H2,21,22,25)/t15-,16-,18-/m0/s1. The van der Waals surface area contributed by atoms with Gasteiger partial charge in [0.1, 0.15) is 5.78 Å². The zero-order chi connectivity index (χ0) is 19.5. The SMILES string of the molecule is O=C(CS)CCCCCCCNC(=O)CCCC[C@@H]1SC[C@@H]2NC(=O)N[C@@H]21. The van der Waals surface area contributed by atoms with E-state index in [1.165, 1.54) is 0 Å². The van der Waals surface area contributed by atoms with E-state index in [0.29, 0.717) is 23.8 Å². The Morgan fingerprint density at radius 1 is 1.04 bits per heavy atom. The van der Waals surface area contributed by atoms with Crippen molar-refractivity contribution in [3.63, 3.8) is 0 Å². The van der Waals surface area contributed by atoms with Crippen LogP contribution in [0.5, 0.6) is 0 Å². The summed E-state index contributed by atoms with van der Waals surface area (Å²) in [6, 6.07) is 0.493. The van der Waals surface area contributed by atoms with Crippen LogP contribution in [-0.2, 0) is 9.59 Å². The molecule has 3 N–H and O–H groups in total. The van der Waals surface area contributed by atoms with E-state index in [9.17, 15) is 14.4 Å². The number of unbranched alkanes of at least 4 members (excludes halogenated alkanes) is 5. The van der Waals surface area contributed by atoms with Gasteiger partial charge < -0.3 is 16.0 Å². The smallest absolute Gasteiger partial charge is 0.315 e. The predicted molar refractivity (Wildman–Crippen MR) is 114 cm³/mol. The highest BCUT2D eigenvalue weighted by molar-refractivity contribution is 8.00. The van der Waals surface area contributed by atoms with Crippen LogP contribution in [0.25, 0.3) is 0 Å². The maximum atomic E-state index is 11.9. The molecule has 0 saturated carbocycles. The topological polar surface area (TPSA) is 87.3 Å². The molecule has 0 radical (unpaired) electrons. The van der Waals surface area contributed by atoms with Crippen LogP contribution in [0.3, 0.4) is 0 Å². The Labute approximate surface area is 172 Å². The second-order valence-electron chi connectivity index (χ2n) is 7.43. The molecule has 0 aliphatic carbocycles. The minimum atomic E-state index is -0.0409. The predicted octanol–water partition coefficient (Wildman–Crippen LogP) is 2.67. The number of amides is 3. The van der Waals surface area contributed by atoms with Gasteiger partial charge in [0.15, 0.2) is 0 Å². The van der Waals surface area contributed by atoms with Crippen LogP contribution in [0.1, 0.15) is 64.2 Å². The van der Waals surface area contributed by atoms with E-state index >= 15 is 0 Å². The normalized spacial score (nSPS) is 23.6. The van der Waals surface area contributed by atoms with Gasteiger partial charge in [0.2, 0.25) is 5.91 Å². The summed E-state index contributed by atoms with van der Waals surface area (Å²) in [4.78, 5) is 34.4. The van der Waals surface area contributed by atoms with Crippen molar-refractivity contribution in [2.75, 3.05) is 18.1 Å². The Morgan fingerprint density at radius 3 is 2.59 bits per heavy atom. The number of fused-ring (bicyclic) bond motifs is 1. The van der Waals surface area contributed by atoms with Crippen LogP contribution in [0, 0.1) is 0 Å². The minimum Gasteiger partial charge on any atom is -0.356 e. The van der Waals surface area contributed by atoms with Crippen molar-refractivity contribution in [3.8, 4) is 0 Å². The molecule has 0 bridgehead atoms. The molecule has 0 aromatic heterocycles. The summed E-state index contributed by atoms with van der Waals surface area (Å²) in [5.41, 5.74) is 0. The van der Waals surface area contributed by atoms with Crippen molar-refractivity contribution in [3.05, 3.63) is 0 Å². The first-order chi connectivity index (χ1) is 13.1. The third kappa shape index (κ3) is 8.34. The fourth-order valence-electron chi connectivity index (χ4n) is 3.65. The molecule has 27 heavy (non-hydrogen) atoms. The number of Topliss-reactive ketones (excluding diaryl/α,β-unsaturated/α-hetero) is 1. The van der Waals surface area contributed by atoms with Crippen LogP contribution < -0.4 is 16.0 Å². The molecule has 154 valence electrons. The Bertz CT molecular complexity index is 505. The molecular weight excluding hydrogens is 382 g/mol. The highest BCUT2D eigenvalue weighted by atomic mass is 32.2. The first kappa shape index (κ1) is 22.4. The summed E-state index contributed by atoms with van der Waals surface area (Å²) in [5.74, 6) is 1.70. The number of nitrogens with one attached hydrogen (secondary N) is 3. The van der Waals surface area contributed by atoms with Gasteiger partial charge in [-0.25, -0.2) is 4.79 Å². The molecule has 6 nitrogen and oxygen atoms in total. The first-order valence-corrected chi connectivity index (χ1v) is 11.9. The second-order valence-corrected chi connectivity index (χ2v) is 9.02. The van der Waals surface area contributed by atoms with Gasteiger partial charge in [0, 0.05) is 36.1 Å². The summed E-state index contributed by atoms with van der Waals surface area (Å²) in [6.07, 6.45) is 9.44. The van der Waals surface area contributed by atoms with Crippen LogP contribution >= 0.6 is 24.4 Å². The maximum Gasteiger partial charge on any atom is 0.315 e. The highest BCUT2D eigenvalue weighted by Gasteiger charge is 2.42. The van der Waals surface area contributed by atoms with Crippen molar-refractivity contribution < 1.29 is 14.4 Å². The van der Waals surface area contributed by atoms with E-state index in [4.69, 9.17) is 0 Å². The Balaban J connectivity index is 1.39. The molecule has 0 aromatic carbocycles. The molecule has 3 amide bonds. The molecule has 0 aromatic rings. The third-order valence-electron chi connectivity index (χ3n) is 5.21. The second kappa shape index (κ2) is 12.5. The van der Waals surface area contributed by atoms with Gasteiger partial charge in [0.05, 0.1) is 12.1 Å². The van der Waals surface area contributed by atoms with E-state index in [1.807, 2.05) is 11.8 Å². The molecule has 2 heterocycles. The van der Waals surface area contributed by atoms with Crippen molar-refractivity contribution in [2.24, 2.45) is 0 Å². The van der Waals surface area contributed by atoms with Crippen LogP contribution in [0.15, 0.2) is 0 Å². The molecule has 8 heteroatoms. The fourth-order valence-corrected chi connectivity index (χ4v) is 5.35. The molecular formula is C19H33N3O3S2. The zero-order valence-corrected chi connectivity index (χ0v) is 17.7. The van der Waals surface area contributed by atoms with Gasteiger partial charge in [-0.2, -0.15) is 24.4 Å². The van der Waals surface area contributed by atoms with E-state index < -0.39 is 0 Å². The average molecular weight is 416 g/mol. The van der Waals surface area contributed by atoms with Crippen LogP contribution in [0.2, 0.25) is 0 Å². The number of rotatable bonds is 14. The Morgan fingerprint density at radius 2 is 1.78 bits per heavy atom. The number of carbonyl (C=O) groups is 3. The number of hydrogen-bond acceptors (Lipinski definition) is 5. The van der Waals surface area contributed by atoms with Gasteiger partial charge in [0.25, 0.3) is 0 Å². The first-order valence-electron chi connectivity index (χ1n) is 10.2. The van der Waals surface area contributed by atoms with Crippen molar-refractivity contribution in [2.45, 2.75) is 81.5 Å². The fraction of sp³-hybridized carbons (Fsp3) is 0.842.